The fraction of sp³-hybridized carbons (Fsp3) is 0.0625. The van der Waals surface area contributed by atoms with E-state index in [1.165, 1.54) is 12.1 Å². The van der Waals surface area contributed by atoms with Crippen LogP contribution in [-0.2, 0) is 11.4 Å². The fourth-order valence-electron chi connectivity index (χ4n) is 1.73. The summed E-state index contributed by atoms with van der Waals surface area (Å²) in [5.41, 5.74) is 1.14. The Hall–Kier alpha value is -2.33. The molecule has 108 valence electrons. The van der Waals surface area contributed by atoms with Crippen molar-refractivity contribution in [2.24, 2.45) is 0 Å². The number of hydrogen-bond donors (Lipinski definition) is 1. The second-order valence-electron chi connectivity index (χ2n) is 4.21. The Morgan fingerprint density at radius 2 is 2.00 bits per heavy atom. The van der Waals surface area contributed by atoms with Crippen LogP contribution in [0.15, 0.2) is 48.5 Å². The van der Waals surface area contributed by atoms with Gasteiger partial charge in [0, 0.05) is 17.2 Å². The number of aliphatic carboxylic acids is 1. The molecule has 0 aliphatic heterocycles. The largest absolute Gasteiger partial charge is 0.488 e. The Morgan fingerprint density at radius 3 is 2.76 bits per heavy atom. The summed E-state index contributed by atoms with van der Waals surface area (Å²) in [4.78, 5) is 10.6. The average Bonchev–Trinajstić information content (AvgIpc) is 2.47. The molecular weight excluding hydrogens is 295 g/mol. The topological polar surface area (TPSA) is 46.5 Å². The van der Waals surface area contributed by atoms with Gasteiger partial charge < -0.3 is 9.84 Å². The molecule has 0 aliphatic carbocycles. The summed E-state index contributed by atoms with van der Waals surface area (Å²) in [6.45, 7) is 0.0918. The van der Waals surface area contributed by atoms with E-state index in [-0.39, 0.29) is 11.6 Å². The number of hydrogen-bond acceptors (Lipinski definition) is 2. The number of rotatable bonds is 5. The molecule has 3 nitrogen and oxygen atoms in total. The summed E-state index contributed by atoms with van der Waals surface area (Å²) in [6.07, 6.45) is 2.46. The highest BCUT2D eigenvalue weighted by Crippen LogP contribution is 2.24. The first-order chi connectivity index (χ1) is 10.1. The lowest BCUT2D eigenvalue weighted by molar-refractivity contribution is -0.131. The predicted octanol–water partition coefficient (Wildman–Crippen LogP) is 4.16. The number of ether oxygens (including phenoxy) is 1. The van der Waals surface area contributed by atoms with Gasteiger partial charge in [-0.15, -0.1) is 0 Å². The van der Waals surface area contributed by atoms with Crippen molar-refractivity contribution in [1.82, 2.24) is 0 Å². The molecule has 5 heteroatoms. The molecule has 0 unspecified atom stereocenters. The van der Waals surface area contributed by atoms with E-state index in [0.29, 0.717) is 16.9 Å². The van der Waals surface area contributed by atoms with Gasteiger partial charge in [-0.05, 0) is 18.2 Å². The van der Waals surface area contributed by atoms with Crippen LogP contribution in [0.25, 0.3) is 6.08 Å². The molecule has 2 aromatic rings. The Morgan fingerprint density at radius 1 is 1.24 bits per heavy atom. The summed E-state index contributed by atoms with van der Waals surface area (Å²) in [5, 5.41) is 8.68. The zero-order valence-electron chi connectivity index (χ0n) is 10.9. The van der Waals surface area contributed by atoms with E-state index in [2.05, 4.69) is 0 Å². The lowest BCUT2D eigenvalue weighted by Gasteiger charge is -2.10. The molecule has 0 saturated carbocycles. The van der Waals surface area contributed by atoms with Crippen molar-refractivity contribution in [2.75, 3.05) is 0 Å². The maximum atomic E-state index is 13.3. The molecule has 1 N–H and O–H groups in total. The summed E-state index contributed by atoms with van der Waals surface area (Å²) in [6, 6.07) is 11.5. The molecule has 0 fully saturated rings. The summed E-state index contributed by atoms with van der Waals surface area (Å²) < 4.78 is 18.9. The van der Waals surface area contributed by atoms with Crippen LogP contribution in [0.5, 0.6) is 5.75 Å². The fourth-order valence-corrected chi connectivity index (χ4v) is 1.91. The molecule has 21 heavy (non-hydrogen) atoms. The van der Waals surface area contributed by atoms with Crippen LogP contribution < -0.4 is 4.74 Å². The lowest BCUT2D eigenvalue weighted by Crippen LogP contribution is -1.99. The third-order valence-corrected chi connectivity index (χ3v) is 3.16. The first-order valence-corrected chi connectivity index (χ1v) is 6.51. The number of para-hydroxylation sites is 1. The number of carboxylic acid groups (broad SMARTS) is 1. The number of carboxylic acids is 1. The van der Waals surface area contributed by atoms with Gasteiger partial charge in [0.2, 0.25) is 0 Å². The SMILES string of the molecule is O=C(O)/C=C/c1ccccc1OCc1cccc(F)c1Cl. The van der Waals surface area contributed by atoms with Gasteiger partial charge in [0.1, 0.15) is 18.2 Å². The third kappa shape index (κ3) is 4.07. The number of carbonyl (C=O) groups is 1. The van der Waals surface area contributed by atoms with Gasteiger partial charge in [-0.25, -0.2) is 9.18 Å². The van der Waals surface area contributed by atoms with E-state index in [0.717, 1.165) is 6.08 Å². The molecule has 0 spiro atoms. The molecule has 0 bridgehead atoms. The highest BCUT2D eigenvalue weighted by molar-refractivity contribution is 6.31. The second-order valence-corrected chi connectivity index (χ2v) is 4.59. The van der Waals surface area contributed by atoms with E-state index in [9.17, 15) is 9.18 Å². The van der Waals surface area contributed by atoms with E-state index in [4.69, 9.17) is 21.4 Å². The van der Waals surface area contributed by atoms with Gasteiger partial charge in [-0.3, -0.25) is 0 Å². The van der Waals surface area contributed by atoms with Crippen LogP contribution in [0.4, 0.5) is 4.39 Å². The van der Waals surface area contributed by atoms with Gasteiger partial charge in [-0.1, -0.05) is 41.9 Å². The zero-order valence-corrected chi connectivity index (χ0v) is 11.7. The summed E-state index contributed by atoms with van der Waals surface area (Å²) in [7, 11) is 0. The van der Waals surface area contributed by atoms with Crippen molar-refractivity contribution in [3.05, 3.63) is 70.5 Å². The van der Waals surface area contributed by atoms with E-state index in [1.807, 2.05) is 0 Å². The molecule has 0 radical (unpaired) electrons. The van der Waals surface area contributed by atoms with Gasteiger partial charge in [0.25, 0.3) is 0 Å². The van der Waals surface area contributed by atoms with Crippen molar-refractivity contribution in [3.63, 3.8) is 0 Å². The van der Waals surface area contributed by atoms with Crippen molar-refractivity contribution < 1.29 is 19.0 Å². The highest BCUT2D eigenvalue weighted by atomic mass is 35.5. The zero-order chi connectivity index (χ0) is 15.2. The van der Waals surface area contributed by atoms with Crippen LogP contribution in [0, 0.1) is 5.82 Å². The maximum absolute atomic E-state index is 13.3. The van der Waals surface area contributed by atoms with Crippen LogP contribution in [-0.4, -0.2) is 11.1 Å². The Balaban J connectivity index is 2.17. The molecule has 2 rings (SSSR count). The van der Waals surface area contributed by atoms with Gasteiger partial charge in [0.05, 0.1) is 5.02 Å². The second kappa shape index (κ2) is 6.90. The molecule has 0 amide bonds. The molecule has 0 heterocycles. The molecular formula is C16H12ClFO3. The minimum Gasteiger partial charge on any atom is -0.488 e. The molecule has 0 saturated heterocycles. The van der Waals surface area contributed by atoms with Gasteiger partial charge >= 0.3 is 5.97 Å². The van der Waals surface area contributed by atoms with Crippen LogP contribution in [0.3, 0.4) is 0 Å². The molecule has 2 aromatic carbocycles. The predicted molar refractivity (Wildman–Crippen MR) is 78.9 cm³/mol. The number of benzene rings is 2. The quantitative estimate of drug-likeness (QED) is 0.844. The summed E-state index contributed by atoms with van der Waals surface area (Å²) in [5.74, 6) is -1.05. The standard InChI is InChI=1S/C16H12ClFO3/c17-16-12(5-3-6-13(16)18)10-21-14-7-2-1-4-11(14)8-9-15(19)20/h1-9H,10H2,(H,19,20)/b9-8+. The smallest absolute Gasteiger partial charge is 0.328 e. The minimum atomic E-state index is -1.04. The molecule has 0 aromatic heterocycles. The van der Waals surface area contributed by atoms with Crippen molar-refractivity contribution >= 4 is 23.6 Å². The third-order valence-electron chi connectivity index (χ3n) is 2.74. The Bertz CT molecular complexity index is 683. The van der Waals surface area contributed by atoms with Crippen LogP contribution in [0.2, 0.25) is 5.02 Å². The molecule has 0 aliphatic rings. The van der Waals surface area contributed by atoms with E-state index >= 15 is 0 Å². The van der Waals surface area contributed by atoms with E-state index in [1.54, 1.807) is 36.4 Å². The average molecular weight is 307 g/mol. The Labute approximate surface area is 126 Å². The van der Waals surface area contributed by atoms with Crippen molar-refractivity contribution in [2.45, 2.75) is 6.61 Å². The van der Waals surface area contributed by atoms with Gasteiger partial charge in [-0.2, -0.15) is 0 Å². The normalized spacial score (nSPS) is 10.8. The maximum Gasteiger partial charge on any atom is 0.328 e. The molecule has 0 atom stereocenters. The monoisotopic (exact) mass is 306 g/mol. The first-order valence-electron chi connectivity index (χ1n) is 6.13. The highest BCUT2D eigenvalue weighted by Gasteiger charge is 2.07. The first kappa shape index (κ1) is 15.1. The van der Waals surface area contributed by atoms with Crippen molar-refractivity contribution in [3.8, 4) is 5.75 Å². The number of halogens is 2. The van der Waals surface area contributed by atoms with Gasteiger partial charge in [0.15, 0.2) is 0 Å². The Kier molecular flexibility index (Phi) is 4.95. The van der Waals surface area contributed by atoms with Crippen LogP contribution in [0.1, 0.15) is 11.1 Å². The van der Waals surface area contributed by atoms with E-state index < -0.39 is 11.8 Å². The summed E-state index contributed by atoms with van der Waals surface area (Å²) >= 11 is 5.86. The van der Waals surface area contributed by atoms with Crippen molar-refractivity contribution in [1.29, 1.82) is 0 Å². The van der Waals surface area contributed by atoms with Crippen LogP contribution >= 0.6 is 11.6 Å². The minimum absolute atomic E-state index is 0.0241. The lowest BCUT2D eigenvalue weighted by atomic mass is 10.2.